The van der Waals surface area contributed by atoms with E-state index < -0.39 is 0 Å². The Kier molecular flexibility index (Phi) is 5.00. The lowest BCUT2D eigenvalue weighted by atomic mass is 9.72. The van der Waals surface area contributed by atoms with E-state index in [4.69, 9.17) is 4.74 Å². The van der Waals surface area contributed by atoms with E-state index in [0.717, 1.165) is 6.61 Å². The smallest absolute Gasteiger partial charge is 0.0757 e. The van der Waals surface area contributed by atoms with Gasteiger partial charge in [-0.1, -0.05) is 25.5 Å². The highest BCUT2D eigenvalue weighted by Gasteiger charge is 2.27. The Morgan fingerprint density at radius 1 is 1.47 bits per heavy atom. The van der Waals surface area contributed by atoms with Gasteiger partial charge in [0.1, 0.15) is 0 Å². The molecule has 17 heavy (non-hydrogen) atoms. The third-order valence-electron chi connectivity index (χ3n) is 3.97. The summed E-state index contributed by atoms with van der Waals surface area (Å²) < 4.78 is 5.66. The van der Waals surface area contributed by atoms with E-state index in [1.165, 1.54) is 30.4 Å². The molecule has 1 aliphatic rings. The average molecular weight is 236 g/mol. The lowest BCUT2D eigenvalue weighted by Gasteiger charge is -2.33. The molecule has 0 aromatic heterocycles. The van der Waals surface area contributed by atoms with Crippen LogP contribution in [0.4, 0.5) is 0 Å². The predicted molar refractivity (Wildman–Crippen MR) is 75.2 cm³/mol. The van der Waals surface area contributed by atoms with Crippen LogP contribution in [0.5, 0.6) is 0 Å². The van der Waals surface area contributed by atoms with E-state index in [2.05, 4.69) is 47.6 Å². The zero-order valence-electron chi connectivity index (χ0n) is 12.4. The molecule has 0 aromatic carbocycles. The zero-order chi connectivity index (χ0) is 13.1. The summed E-state index contributed by atoms with van der Waals surface area (Å²) in [7, 11) is 0. The molecule has 0 aromatic rings. The van der Waals surface area contributed by atoms with Crippen molar-refractivity contribution in [3.8, 4) is 0 Å². The molecule has 0 N–H and O–H groups in total. The van der Waals surface area contributed by atoms with Crippen LogP contribution in [0, 0.1) is 5.41 Å². The van der Waals surface area contributed by atoms with Gasteiger partial charge in [0, 0.05) is 6.61 Å². The van der Waals surface area contributed by atoms with Crippen molar-refractivity contribution >= 4 is 0 Å². The van der Waals surface area contributed by atoms with Gasteiger partial charge in [-0.05, 0) is 63.5 Å². The summed E-state index contributed by atoms with van der Waals surface area (Å²) in [6.07, 6.45) is 6.49. The van der Waals surface area contributed by atoms with Crippen molar-refractivity contribution in [2.45, 2.75) is 66.9 Å². The number of hydrogen-bond acceptors (Lipinski definition) is 1. The predicted octanol–water partition coefficient (Wildman–Crippen LogP) is 4.88. The van der Waals surface area contributed by atoms with Gasteiger partial charge in [-0.25, -0.2) is 0 Å². The fraction of sp³-hybridized carbons (Fsp3) is 0.750. The number of hydrogen-bond donors (Lipinski definition) is 0. The molecule has 0 fully saturated rings. The van der Waals surface area contributed by atoms with Gasteiger partial charge in [-0.2, -0.15) is 0 Å². The molecule has 0 aliphatic heterocycles. The molecule has 98 valence electrons. The van der Waals surface area contributed by atoms with Gasteiger partial charge in [0.15, 0.2) is 0 Å². The normalized spacial score (nSPS) is 22.8. The summed E-state index contributed by atoms with van der Waals surface area (Å²) in [4.78, 5) is 0. The van der Waals surface area contributed by atoms with Crippen LogP contribution < -0.4 is 0 Å². The number of allylic oxidation sites excluding steroid dienone is 3. The Bertz CT molecular complexity index is 320. The van der Waals surface area contributed by atoms with Crippen LogP contribution in [0.2, 0.25) is 0 Å². The topological polar surface area (TPSA) is 9.23 Å². The lowest BCUT2D eigenvalue weighted by molar-refractivity contribution is 0.101. The Morgan fingerprint density at radius 2 is 2.12 bits per heavy atom. The van der Waals surface area contributed by atoms with Crippen molar-refractivity contribution in [2.75, 3.05) is 6.61 Å². The standard InChI is InChI=1S/C16H28O/c1-7-17-14(4)13(3)11-15-12(2)9-8-10-16(15,5)6/h11,14H,7-10H2,1-6H3. The molecule has 0 saturated heterocycles. The van der Waals surface area contributed by atoms with Crippen molar-refractivity contribution in [1.82, 2.24) is 0 Å². The number of ether oxygens (including phenoxy) is 1. The minimum Gasteiger partial charge on any atom is -0.374 e. The van der Waals surface area contributed by atoms with Crippen molar-refractivity contribution in [3.05, 3.63) is 22.8 Å². The van der Waals surface area contributed by atoms with E-state index in [9.17, 15) is 0 Å². The number of rotatable bonds is 4. The van der Waals surface area contributed by atoms with Crippen LogP contribution in [-0.2, 0) is 4.74 Å². The molecule has 1 nitrogen and oxygen atoms in total. The molecule has 0 spiro atoms. The molecule has 0 radical (unpaired) electrons. The molecule has 1 rings (SSSR count). The van der Waals surface area contributed by atoms with E-state index in [1.54, 1.807) is 5.57 Å². The monoisotopic (exact) mass is 236 g/mol. The van der Waals surface area contributed by atoms with Gasteiger partial charge < -0.3 is 4.74 Å². The van der Waals surface area contributed by atoms with Crippen molar-refractivity contribution in [3.63, 3.8) is 0 Å². The Balaban J connectivity index is 2.94. The first-order valence-corrected chi connectivity index (χ1v) is 6.88. The average Bonchev–Trinajstić information content (AvgIpc) is 2.23. The maximum absolute atomic E-state index is 5.66. The zero-order valence-corrected chi connectivity index (χ0v) is 12.4. The van der Waals surface area contributed by atoms with Crippen LogP contribution >= 0.6 is 0 Å². The molecule has 0 saturated carbocycles. The second-order valence-corrected chi connectivity index (χ2v) is 5.92. The second kappa shape index (κ2) is 5.86. The fourth-order valence-electron chi connectivity index (χ4n) is 2.69. The van der Waals surface area contributed by atoms with Crippen molar-refractivity contribution < 1.29 is 4.74 Å². The minimum absolute atomic E-state index is 0.234. The second-order valence-electron chi connectivity index (χ2n) is 5.92. The quantitative estimate of drug-likeness (QED) is 0.675. The van der Waals surface area contributed by atoms with Crippen LogP contribution in [-0.4, -0.2) is 12.7 Å². The maximum Gasteiger partial charge on any atom is 0.0757 e. The summed E-state index contributed by atoms with van der Waals surface area (Å²) in [6, 6.07) is 0. The molecule has 1 heteroatoms. The van der Waals surface area contributed by atoms with Gasteiger partial charge in [0.05, 0.1) is 6.10 Å². The Labute approximate surface area is 107 Å². The summed E-state index contributed by atoms with van der Waals surface area (Å²) >= 11 is 0. The third kappa shape index (κ3) is 3.70. The van der Waals surface area contributed by atoms with Gasteiger partial charge in [0.2, 0.25) is 0 Å². The fourth-order valence-corrected chi connectivity index (χ4v) is 2.69. The van der Waals surface area contributed by atoms with Gasteiger partial charge in [-0.15, -0.1) is 0 Å². The molecular weight excluding hydrogens is 208 g/mol. The van der Waals surface area contributed by atoms with E-state index in [-0.39, 0.29) is 6.10 Å². The van der Waals surface area contributed by atoms with Crippen LogP contribution in [0.3, 0.4) is 0 Å². The first-order chi connectivity index (χ1) is 7.88. The van der Waals surface area contributed by atoms with E-state index >= 15 is 0 Å². The summed E-state index contributed by atoms with van der Waals surface area (Å²) in [5, 5.41) is 0. The van der Waals surface area contributed by atoms with E-state index in [1.807, 2.05) is 0 Å². The van der Waals surface area contributed by atoms with Crippen molar-refractivity contribution in [2.24, 2.45) is 5.41 Å². The Morgan fingerprint density at radius 3 is 2.65 bits per heavy atom. The Hall–Kier alpha value is -0.560. The highest BCUT2D eigenvalue weighted by molar-refractivity contribution is 5.35. The highest BCUT2D eigenvalue weighted by atomic mass is 16.5. The molecule has 1 atom stereocenters. The van der Waals surface area contributed by atoms with Crippen LogP contribution in [0.25, 0.3) is 0 Å². The minimum atomic E-state index is 0.234. The summed E-state index contributed by atoms with van der Waals surface area (Å²) in [5.41, 5.74) is 4.77. The summed E-state index contributed by atoms with van der Waals surface area (Å²) in [6.45, 7) is 14.2. The molecule has 0 heterocycles. The largest absolute Gasteiger partial charge is 0.374 e. The molecule has 1 unspecified atom stereocenters. The van der Waals surface area contributed by atoms with Gasteiger partial charge >= 0.3 is 0 Å². The maximum atomic E-state index is 5.66. The first kappa shape index (κ1) is 14.5. The SMILES string of the molecule is CCOC(C)C(C)=CC1=C(C)CCCC1(C)C. The lowest BCUT2D eigenvalue weighted by Crippen LogP contribution is -2.20. The third-order valence-corrected chi connectivity index (χ3v) is 3.97. The first-order valence-electron chi connectivity index (χ1n) is 6.88. The molecule has 0 amide bonds. The van der Waals surface area contributed by atoms with E-state index in [0.29, 0.717) is 5.41 Å². The summed E-state index contributed by atoms with van der Waals surface area (Å²) in [5.74, 6) is 0. The molecule has 0 bridgehead atoms. The van der Waals surface area contributed by atoms with Crippen LogP contribution in [0.1, 0.15) is 60.8 Å². The molecular formula is C16H28O. The van der Waals surface area contributed by atoms with Crippen molar-refractivity contribution in [1.29, 1.82) is 0 Å². The molecule has 1 aliphatic carbocycles. The van der Waals surface area contributed by atoms with Gasteiger partial charge in [0.25, 0.3) is 0 Å². The van der Waals surface area contributed by atoms with Crippen LogP contribution in [0.15, 0.2) is 22.8 Å². The highest BCUT2D eigenvalue weighted by Crippen LogP contribution is 2.41. The van der Waals surface area contributed by atoms with Gasteiger partial charge in [-0.3, -0.25) is 0 Å².